The first-order chi connectivity index (χ1) is 7.61. The van der Waals surface area contributed by atoms with Gasteiger partial charge in [-0.2, -0.15) is 0 Å². The third kappa shape index (κ3) is 1.69. The Labute approximate surface area is 92.9 Å². The highest BCUT2D eigenvalue weighted by molar-refractivity contribution is 6.33. The second-order valence-corrected chi connectivity index (χ2v) is 3.56. The van der Waals surface area contributed by atoms with E-state index < -0.39 is 0 Å². The lowest BCUT2D eigenvalue weighted by Crippen LogP contribution is -2.21. The quantitative estimate of drug-likeness (QED) is 0.753. The van der Waals surface area contributed by atoms with Gasteiger partial charge in [-0.25, -0.2) is 0 Å². The smallest absolute Gasteiger partial charge is 0.258 e. The Morgan fingerprint density at radius 1 is 1.25 bits per heavy atom. The number of ether oxygens (including phenoxy) is 1. The van der Waals surface area contributed by atoms with E-state index in [2.05, 4.69) is 5.32 Å². The number of methoxy groups -OCH3 is 1. The number of carbonyl (C=O) groups is 2. The molecule has 0 fully saturated rings. The van der Waals surface area contributed by atoms with Gasteiger partial charge in [-0.1, -0.05) is 6.07 Å². The first kappa shape index (κ1) is 10.4. The Balaban J connectivity index is 2.42. The normalized spacial score (nSPS) is 14.8. The van der Waals surface area contributed by atoms with Crippen molar-refractivity contribution in [3.05, 3.63) is 35.4 Å². The number of benzene rings is 1. The van der Waals surface area contributed by atoms with E-state index in [-0.39, 0.29) is 11.8 Å². The maximum Gasteiger partial charge on any atom is 0.258 e. The van der Waals surface area contributed by atoms with Gasteiger partial charge in [0.1, 0.15) is 5.75 Å². The molecule has 1 aromatic carbocycles. The number of hydrogen-bond acceptors (Lipinski definition) is 3. The highest BCUT2D eigenvalue weighted by Crippen LogP contribution is 2.24. The largest absolute Gasteiger partial charge is 0.496 e. The summed E-state index contributed by atoms with van der Waals surface area (Å²) in [5.74, 6) is 0.0390. The van der Waals surface area contributed by atoms with Crippen LogP contribution >= 0.6 is 0 Å². The Morgan fingerprint density at radius 2 is 2.00 bits per heavy atom. The Bertz CT molecular complexity index is 503. The fraction of sp³-hybridized carbons (Fsp3) is 0.167. The third-order valence-corrected chi connectivity index (χ3v) is 2.46. The number of imide groups is 1. The van der Waals surface area contributed by atoms with Gasteiger partial charge in [0.2, 0.25) is 0 Å². The summed E-state index contributed by atoms with van der Waals surface area (Å²) < 4.78 is 5.12. The van der Waals surface area contributed by atoms with Crippen molar-refractivity contribution in [1.82, 2.24) is 5.32 Å². The second kappa shape index (κ2) is 3.81. The maximum atomic E-state index is 11.4. The van der Waals surface area contributed by atoms with Crippen LogP contribution < -0.4 is 10.1 Å². The first-order valence-electron chi connectivity index (χ1n) is 4.84. The first-order valence-corrected chi connectivity index (χ1v) is 4.84. The van der Waals surface area contributed by atoms with Gasteiger partial charge in [-0.05, 0) is 30.2 Å². The summed E-state index contributed by atoms with van der Waals surface area (Å²) in [4.78, 5) is 22.4. The van der Waals surface area contributed by atoms with Crippen molar-refractivity contribution in [3.8, 4) is 5.75 Å². The van der Waals surface area contributed by atoms with Crippen molar-refractivity contribution < 1.29 is 14.3 Å². The zero-order chi connectivity index (χ0) is 11.7. The molecule has 0 radical (unpaired) electrons. The van der Waals surface area contributed by atoms with Crippen LogP contribution in [-0.4, -0.2) is 18.9 Å². The topological polar surface area (TPSA) is 55.4 Å². The molecule has 4 heteroatoms. The maximum absolute atomic E-state index is 11.4. The monoisotopic (exact) mass is 217 g/mol. The standard InChI is InChI=1S/C12H11NO3/c1-7-5-8(3-4-10(7)16-2)9-6-11(14)13-12(9)15/h3-6H,1-2H3,(H,13,14,15). The zero-order valence-electron chi connectivity index (χ0n) is 9.03. The molecule has 2 rings (SSSR count). The molecule has 0 aliphatic carbocycles. The molecular weight excluding hydrogens is 206 g/mol. The van der Waals surface area contributed by atoms with Crippen LogP contribution in [0.4, 0.5) is 0 Å². The summed E-state index contributed by atoms with van der Waals surface area (Å²) in [6.07, 6.45) is 1.31. The predicted octanol–water partition coefficient (Wildman–Crippen LogP) is 1.04. The van der Waals surface area contributed by atoms with Gasteiger partial charge in [0.25, 0.3) is 11.8 Å². The van der Waals surface area contributed by atoms with Crippen molar-refractivity contribution in [2.24, 2.45) is 0 Å². The number of nitrogens with one attached hydrogen (secondary N) is 1. The van der Waals surface area contributed by atoms with Crippen LogP contribution in [0.2, 0.25) is 0 Å². The molecule has 2 amide bonds. The predicted molar refractivity (Wildman–Crippen MR) is 58.9 cm³/mol. The molecule has 82 valence electrons. The molecule has 0 saturated heterocycles. The van der Waals surface area contributed by atoms with Crippen molar-refractivity contribution >= 4 is 17.4 Å². The van der Waals surface area contributed by atoms with E-state index in [1.165, 1.54) is 6.08 Å². The highest BCUT2D eigenvalue weighted by atomic mass is 16.5. The van der Waals surface area contributed by atoms with E-state index in [0.717, 1.165) is 16.9 Å². The minimum atomic E-state index is -0.367. The van der Waals surface area contributed by atoms with Crippen molar-refractivity contribution in [2.75, 3.05) is 7.11 Å². The molecule has 0 unspecified atom stereocenters. The van der Waals surface area contributed by atoms with Crippen LogP contribution in [0.5, 0.6) is 5.75 Å². The fourth-order valence-corrected chi connectivity index (χ4v) is 1.67. The molecule has 1 aliphatic heterocycles. The summed E-state index contributed by atoms with van der Waals surface area (Å²) in [6.45, 7) is 1.89. The molecule has 4 nitrogen and oxygen atoms in total. The summed E-state index contributed by atoms with van der Waals surface area (Å²) in [5.41, 5.74) is 2.05. The highest BCUT2D eigenvalue weighted by Gasteiger charge is 2.22. The zero-order valence-corrected chi connectivity index (χ0v) is 9.03. The van der Waals surface area contributed by atoms with Gasteiger partial charge in [-0.15, -0.1) is 0 Å². The van der Waals surface area contributed by atoms with Crippen LogP contribution in [0, 0.1) is 6.92 Å². The van der Waals surface area contributed by atoms with Crippen LogP contribution in [0.1, 0.15) is 11.1 Å². The van der Waals surface area contributed by atoms with E-state index >= 15 is 0 Å². The third-order valence-electron chi connectivity index (χ3n) is 2.46. The van der Waals surface area contributed by atoms with E-state index in [1.807, 2.05) is 13.0 Å². The minimum Gasteiger partial charge on any atom is -0.496 e. The molecule has 1 heterocycles. The number of hydrogen-bond donors (Lipinski definition) is 1. The summed E-state index contributed by atoms with van der Waals surface area (Å²) >= 11 is 0. The Hall–Kier alpha value is -2.10. The number of aryl methyl sites for hydroxylation is 1. The van der Waals surface area contributed by atoms with Gasteiger partial charge < -0.3 is 4.74 Å². The molecule has 1 aliphatic rings. The minimum absolute atomic E-state index is 0.352. The average Bonchev–Trinajstić information content (AvgIpc) is 2.58. The van der Waals surface area contributed by atoms with Crippen LogP contribution in [0.15, 0.2) is 24.3 Å². The van der Waals surface area contributed by atoms with Crippen molar-refractivity contribution in [2.45, 2.75) is 6.92 Å². The van der Waals surface area contributed by atoms with Gasteiger partial charge in [0, 0.05) is 6.08 Å². The van der Waals surface area contributed by atoms with E-state index in [9.17, 15) is 9.59 Å². The van der Waals surface area contributed by atoms with Gasteiger partial charge in [0.15, 0.2) is 0 Å². The molecule has 0 saturated carbocycles. The van der Waals surface area contributed by atoms with Crippen molar-refractivity contribution in [1.29, 1.82) is 0 Å². The lowest BCUT2D eigenvalue weighted by Gasteiger charge is -2.06. The lowest BCUT2D eigenvalue weighted by molar-refractivity contribution is -0.123. The second-order valence-electron chi connectivity index (χ2n) is 3.56. The summed E-state index contributed by atoms with van der Waals surface area (Å²) in [6, 6.07) is 5.36. The molecule has 0 bridgehead atoms. The number of amides is 2. The van der Waals surface area contributed by atoms with Crippen LogP contribution in [-0.2, 0) is 9.59 Å². The fourth-order valence-electron chi connectivity index (χ4n) is 1.67. The molecule has 1 aromatic rings. The molecule has 0 spiro atoms. The SMILES string of the molecule is COc1ccc(C2=CC(=O)NC2=O)cc1C. The lowest BCUT2D eigenvalue weighted by atomic mass is 10.0. The van der Waals surface area contributed by atoms with E-state index in [4.69, 9.17) is 4.74 Å². The number of carbonyl (C=O) groups excluding carboxylic acids is 2. The molecular formula is C12H11NO3. The van der Waals surface area contributed by atoms with Crippen LogP contribution in [0.3, 0.4) is 0 Å². The molecule has 0 atom stereocenters. The Kier molecular flexibility index (Phi) is 2.48. The van der Waals surface area contributed by atoms with E-state index in [0.29, 0.717) is 5.57 Å². The van der Waals surface area contributed by atoms with E-state index in [1.54, 1.807) is 19.2 Å². The van der Waals surface area contributed by atoms with Gasteiger partial charge in [0.05, 0.1) is 12.7 Å². The van der Waals surface area contributed by atoms with Crippen molar-refractivity contribution in [3.63, 3.8) is 0 Å². The van der Waals surface area contributed by atoms with Gasteiger partial charge >= 0.3 is 0 Å². The van der Waals surface area contributed by atoms with Gasteiger partial charge in [-0.3, -0.25) is 14.9 Å². The molecule has 16 heavy (non-hydrogen) atoms. The molecule has 0 aromatic heterocycles. The molecule has 1 N–H and O–H groups in total. The number of rotatable bonds is 2. The average molecular weight is 217 g/mol. The van der Waals surface area contributed by atoms with Crippen LogP contribution in [0.25, 0.3) is 5.57 Å². The summed E-state index contributed by atoms with van der Waals surface area (Å²) in [5, 5.41) is 2.21. The Morgan fingerprint density at radius 3 is 2.50 bits per heavy atom. The summed E-state index contributed by atoms with van der Waals surface area (Å²) in [7, 11) is 1.59.